The van der Waals surface area contributed by atoms with E-state index in [0.717, 1.165) is 55.6 Å². The van der Waals surface area contributed by atoms with Crippen LogP contribution in [0.5, 0.6) is 0 Å². The van der Waals surface area contributed by atoms with E-state index >= 15 is 0 Å². The molecule has 0 amide bonds. The summed E-state index contributed by atoms with van der Waals surface area (Å²) in [5.41, 5.74) is 7.99. The highest BCUT2D eigenvalue weighted by Crippen LogP contribution is 2.33. The standard InChI is InChI=1S/C34H44ClN7/c35-34-37-32(31-33(38-34)42(26-36-31)30-17-9-10-18-30)39-41-22-19-27(20-23-41)12-8-3-11-21-40(24-28-13-4-1-5-14-28)25-29-15-6-2-7-16-29/h1-2,4-7,13-16,26-27,30H,3,8-12,17-25H2,(H,37,38,39). The van der Waals surface area contributed by atoms with E-state index in [1.54, 1.807) is 0 Å². The Kier molecular flexibility index (Phi) is 10.0. The molecule has 0 spiro atoms. The first-order chi connectivity index (χ1) is 20.7. The van der Waals surface area contributed by atoms with Gasteiger partial charge in [0.15, 0.2) is 17.0 Å². The fraction of sp³-hybridized carbons (Fsp3) is 0.500. The second-order valence-corrected chi connectivity index (χ2v) is 12.5. The number of nitrogens with one attached hydrogen (secondary N) is 1. The molecule has 42 heavy (non-hydrogen) atoms. The molecule has 1 aliphatic carbocycles. The summed E-state index contributed by atoms with van der Waals surface area (Å²) in [6, 6.07) is 22.2. The van der Waals surface area contributed by atoms with Crippen LogP contribution in [0.1, 0.15) is 81.4 Å². The van der Waals surface area contributed by atoms with Crippen molar-refractivity contribution >= 4 is 28.6 Å². The molecule has 0 bridgehead atoms. The maximum atomic E-state index is 6.36. The average Bonchev–Trinajstić information content (AvgIpc) is 3.69. The van der Waals surface area contributed by atoms with Crippen LogP contribution in [0.15, 0.2) is 67.0 Å². The number of hydrazine groups is 1. The first kappa shape index (κ1) is 29.1. The number of anilines is 1. The van der Waals surface area contributed by atoms with Crippen molar-refractivity contribution in [2.75, 3.05) is 25.1 Å². The quantitative estimate of drug-likeness (QED) is 0.127. The molecule has 2 aliphatic rings. The third-order valence-electron chi connectivity index (χ3n) is 9.08. The predicted octanol–water partition coefficient (Wildman–Crippen LogP) is 7.90. The number of hydrogen-bond acceptors (Lipinski definition) is 6. The topological polar surface area (TPSA) is 62.1 Å². The van der Waals surface area contributed by atoms with Crippen LogP contribution in [0.4, 0.5) is 5.82 Å². The van der Waals surface area contributed by atoms with Crippen molar-refractivity contribution in [1.82, 2.24) is 29.4 Å². The lowest BCUT2D eigenvalue weighted by Crippen LogP contribution is -2.38. The van der Waals surface area contributed by atoms with Gasteiger partial charge in [0, 0.05) is 32.2 Å². The molecule has 1 aliphatic heterocycles. The van der Waals surface area contributed by atoms with Gasteiger partial charge < -0.3 is 9.99 Å². The number of halogens is 1. The van der Waals surface area contributed by atoms with E-state index in [4.69, 9.17) is 11.6 Å². The van der Waals surface area contributed by atoms with Crippen molar-refractivity contribution in [3.8, 4) is 0 Å². The predicted molar refractivity (Wildman–Crippen MR) is 171 cm³/mol. The number of unbranched alkanes of at least 4 members (excludes halogenated alkanes) is 2. The van der Waals surface area contributed by atoms with Crippen molar-refractivity contribution in [2.24, 2.45) is 5.92 Å². The van der Waals surface area contributed by atoms with Gasteiger partial charge in [0.05, 0.1) is 6.33 Å². The summed E-state index contributed by atoms with van der Waals surface area (Å²) in [5, 5.41) is 2.57. The van der Waals surface area contributed by atoms with E-state index in [9.17, 15) is 0 Å². The van der Waals surface area contributed by atoms with Crippen molar-refractivity contribution in [2.45, 2.75) is 83.3 Å². The molecular formula is C34H44ClN7. The fourth-order valence-electron chi connectivity index (χ4n) is 6.74. The number of hydrogen-bond donors (Lipinski definition) is 1. The van der Waals surface area contributed by atoms with Crippen LogP contribution in [-0.4, -0.2) is 49.1 Å². The summed E-state index contributed by atoms with van der Waals surface area (Å²) in [6.07, 6.45) is 14.4. The van der Waals surface area contributed by atoms with Gasteiger partial charge in [-0.2, -0.15) is 9.97 Å². The minimum Gasteiger partial charge on any atom is -0.312 e. The third-order valence-corrected chi connectivity index (χ3v) is 9.24. The van der Waals surface area contributed by atoms with Crippen LogP contribution < -0.4 is 5.43 Å². The Labute approximate surface area is 255 Å². The molecule has 2 aromatic carbocycles. The number of piperidine rings is 1. The lowest BCUT2D eigenvalue weighted by molar-refractivity contribution is 0.204. The van der Waals surface area contributed by atoms with Crippen LogP contribution in [0.25, 0.3) is 11.2 Å². The smallest absolute Gasteiger partial charge is 0.226 e. The molecule has 8 heteroatoms. The maximum absolute atomic E-state index is 6.36. The molecule has 0 radical (unpaired) electrons. The number of benzene rings is 2. The van der Waals surface area contributed by atoms with Crippen LogP contribution in [-0.2, 0) is 13.1 Å². The van der Waals surface area contributed by atoms with E-state index in [1.165, 1.54) is 75.3 Å². The summed E-state index contributed by atoms with van der Waals surface area (Å²) in [7, 11) is 0. The zero-order valence-corrected chi connectivity index (χ0v) is 25.4. The number of aromatic nitrogens is 4. The van der Waals surface area contributed by atoms with Crippen LogP contribution >= 0.6 is 11.6 Å². The molecule has 1 saturated carbocycles. The maximum Gasteiger partial charge on any atom is 0.226 e. The van der Waals surface area contributed by atoms with Crippen molar-refractivity contribution in [1.29, 1.82) is 0 Å². The zero-order valence-electron chi connectivity index (χ0n) is 24.7. The Balaban J connectivity index is 0.941. The molecule has 4 aromatic rings. The Hall–Kier alpha value is -3.00. The molecule has 7 nitrogen and oxygen atoms in total. The number of imidazole rings is 1. The third kappa shape index (κ3) is 7.68. The molecule has 2 aromatic heterocycles. The Morgan fingerprint density at radius 2 is 1.48 bits per heavy atom. The van der Waals surface area contributed by atoms with E-state index in [1.807, 2.05) is 6.33 Å². The molecule has 3 heterocycles. The van der Waals surface area contributed by atoms with Gasteiger partial charge >= 0.3 is 0 Å². The summed E-state index contributed by atoms with van der Waals surface area (Å²) in [5.74, 6) is 1.53. The second kappa shape index (κ2) is 14.5. The fourth-order valence-corrected chi connectivity index (χ4v) is 6.91. The molecule has 2 fully saturated rings. The number of rotatable bonds is 13. The highest BCUT2D eigenvalue weighted by molar-refractivity contribution is 6.28. The number of nitrogens with zero attached hydrogens (tertiary/aromatic N) is 6. The van der Waals surface area contributed by atoms with Gasteiger partial charge in [-0.1, -0.05) is 92.8 Å². The first-order valence-electron chi connectivity index (χ1n) is 15.9. The van der Waals surface area contributed by atoms with Gasteiger partial charge in [-0.15, -0.1) is 0 Å². The van der Waals surface area contributed by atoms with E-state index < -0.39 is 0 Å². The Bertz CT molecular complexity index is 1340. The SMILES string of the molecule is Clc1nc(NN2CCC(CCCCCN(Cc3ccccc3)Cc3ccccc3)CC2)c2ncn(C3CCCC3)c2n1. The molecule has 222 valence electrons. The van der Waals surface area contributed by atoms with Gasteiger partial charge in [-0.3, -0.25) is 4.90 Å². The molecule has 1 saturated heterocycles. The van der Waals surface area contributed by atoms with Crippen LogP contribution in [0, 0.1) is 5.92 Å². The lowest BCUT2D eigenvalue weighted by Gasteiger charge is -2.32. The van der Waals surface area contributed by atoms with Gasteiger partial charge in [-0.25, -0.2) is 9.99 Å². The summed E-state index contributed by atoms with van der Waals surface area (Å²) >= 11 is 6.36. The lowest BCUT2D eigenvalue weighted by atomic mass is 9.92. The van der Waals surface area contributed by atoms with E-state index in [2.05, 4.69) is 95.5 Å². The molecule has 1 N–H and O–H groups in total. The monoisotopic (exact) mass is 585 g/mol. The average molecular weight is 586 g/mol. The van der Waals surface area contributed by atoms with Gasteiger partial charge in [0.25, 0.3) is 0 Å². The van der Waals surface area contributed by atoms with Gasteiger partial charge in [-0.05, 0) is 67.3 Å². The molecule has 0 atom stereocenters. The van der Waals surface area contributed by atoms with Gasteiger partial charge in [0.2, 0.25) is 5.28 Å². The Morgan fingerprint density at radius 1 is 0.810 bits per heavy atom. The van der Waals surface area contributed by atoms with Crippen molar-refractivity contribution < 1.29 is 0 Å². The second-order valence-electron chi connectivity index (χ2n) is 12.2. The van der Waals surface area contributed by atoms with Crippen LogP contribution in [0.2, 0.25) is 5.28 Å². The van der Waals surface area contributed by atoms with E-state index in [-0.39, 0.29) is 5.28 Å². The summed E-state index contributed by atoms with van der Waals surface area (Å²) in [6.45, 7) is 5.18. The zero-order chi connectivity index (χ0) is 28.6. The van der Waals surface area contributed by atoms with Crippen LogP contribution in [0.3, 0.4) is 0 Å². The first-order valence-corrected chi connectivity index (χ1v) is 16.3. The minimum absolute atomic E-state index is 0.283. The molecule has 6 rings (SSSR count). The highest BCUT2D eigenvalue weighted by atomic mass is 35.5. The molecular weight excluding hydrogens is 542 g/mol. The van der Waals surface area contributed by atoms with Gasteiger partial charge in [0.1, 0.15) is 0 Å². The van der Waals surface area contributed by atoms with Crippen molar-refractivity contribution in [3.05, 3.63) is 83.4 Å². The highest BCUT2D eigenvalue weighted by Gasteiger charge is 2.24. The van der Waals surface area contributed by atoms with E-state index in [0.29, 0.717) is 6.04 Å². The normalized spacial score (nSPS) is 17.0. The summed E-state index contributed by atoms with van der Waals surface area (Å²) < 4.78 is 2.20. The Morgan fingerprint density at radius 3 is 2.14 bits per heavy atom. The number of fused-ring (bicyclic) bond motifs is 1. The molecule has 0 unspecified atom stereocenters. The largest absolute Gasteiger partial charge is 0.312 e. The van der Waals surface area contributed by atoms with Crippen molar-refractivity contribution in [3.63, 3.8) is 0 Å². The summed E-state index contributed by atoms with van der Waals surface area (Å²) in [4.78, 5) is 16.3. The minimum atomic E-state index is 0.283.